The van der Waals surface area contributed by atoms with Crippen LogP contribution in [0.1, 0.15) is 31.7 Å². The summed E-state index contributed by atoms with van der Waals surface area (Å²) in [7, 11) is 0. The van der Waals surface area contributed by atoms with Gasteiger partial charge < -0.3 is 14.4 Å². The molecule has 1 unspecified atom stereocenters. The van der Waals surface area contributed by atoms with Crippen molar-refractivity contribution in [3.05, 3.63) is 35.9 Å². The quantitative estimate of drug-likeness (QED) is 0.452. The van der Waals surface area contributed by atoms with Crippen LogP contribution in [0.2, 0.25) is 0 Å². The minimum absolute atomic E-state index is 0.296. The average Bonchev–Trinajstić information content (AvgIpc) is 2.73. The first-order valence-corrected chi connectivity index (χ1v) is 9.70. The Labute approximate surface area is 161 Å². The molecule has 0 N–H and O–H groups in total. The fourth-order valence-corrected chi connectivity index (χ4v) is 3.78. The third kappa shape index (κ3) is 4.88. The van der Waals surface area contributed by atoms with Gasteiger partial charge in [0.05, 0.1) is 31.6 Å². The predicted octanol–water partition coefficient (Wildman–Crippen LogP) is 2.81. The van der Waals surface area contributed by atoms with E-state index in [0.29, 0.717) is 18.3 Å². The molecule has 0 aromatic heterocycles. The molecule has 27 heavy (non-hydrogen) atoms. The number of hydrogen-bond donors (Lipinski definition) is 0. The summed E-state index contributed by atoms with van der Waals surface area (Å²) >= 11 is 0. The van der Waals surface area contributed by atoms with Crippen LogP contribution >= 0.6 is 0 Å². The van der Waals surface area contributed by atoms with Crippen molar-refractivity contribution < 1.29 is 14.3 Å². The molecule has 2 aliphatic heterocycles. The van der Waals surface area contributed by atoms with Gasteiger partial charge in [-0.15, -0.1) is 0 Å². The van der Waals surface area contributed by atoms with Gasteiger partial charge in [-0.05, 0) is 43.9 Å². The molecule has 0 saturated carbocycles. The number of esters is 1. The van der Waals surface area contributed by atoms with E-state index in [0.717, 1.165) is 50.5 Å². The first kappa shape index (κ1) is 19.4. The van der Waals surface area contributed by atoms with Crippen molar-refractivity contribution in [2.24, 2.45) is 0 Å². The summed E-state index contributed by atoms with van der Waals surface area (Å²) in [5.41, 5.74) is 2.21. The standard InChI is InChI=1S/C21H27N3O3/c1-2-27-21(25)15-18(16-22)17-6-8-19(9-7-17)24-10-4-3-5-20(24)23-11-13-26-14-12-23/h6-9,15,20H,2-5,10-14H2,1H3/b18-15-. The number of nitriles is 1. The van der Waals surface area contributed by atoms with Gasteiger partial charge in [0.25, 0.3) is 0 Å². The van der Waals surface area contributed by atoms with Crippen LogP contribution in [0.3, 0.4) is 0 Å². The number of benzene rings is 1. The van der Waals surface area contributed by atoms with Gasteiger partial charge in [0, 0.05) is 31.4 Å². The zero-order valence-electron chi connectivity index (χ0n) is 15.9. The molecular weight excluding hydrogens is 342 g/mol. The molecule has 1 aromatic carbocycles. The third-order valence-electron chi connectivity index (χ3n) is 5.12. The Balaban J connectivity index is 1.76. The van der Waals surface area contributed by atoms with Crippen molar-refractivity contribution in [1.29, 1.82) is 5.26 Å². The Morgan fingerprint density at radius 1 is 1.26 bits per heavy atom. The number of morpholine rings is 1. The fraction of sp³-hybridized carbons (Fsp3) is 0.524. The number of allylic oxidation sites excluding steroid dienone is 1. The number of carbonyl (C=O) groups is 1. The van der Waals surface area contributed by atoms with E-state index >= 15 is 0 Å². The van der Waals surface area contributed by atoms with Crippen LogP contribution in [0.4, 0.5) is 5.69 Å². The summed E-state index contributed by atoms with van der Waals surface area (Å²) in [6, 6.07) is 10.0. The molecule has 3 rings (SSSR count). The van der Waals surface area contributed by atoms with Gasteiger partial charge in [0.15, 0.2) is 0 Å². The Morgan fingerprint density at radius 3 is 2.67 bits per heavy atom. The van der Waals surface area contributed by atoms with E-state index in [2.05, 4.69) is 15.9 Å². The second-order valence-corrected chi connectivity index (χ2v) is 6.79. The van der Waals surface area contributed by atoms with Crippen LogP contribution in [-0.4, -0.2) is 56.5 Å². The van der Waals surface area contributed by atoms with E-state index in [1.54, 1.807) is 6.92 Å². The predicted molar refractivity (Wildman–Crippen MR) is 104 cm³/mol. The monoisotopic (exact) mass is 369 g/mol. The highest BCUT2D eigenvalue weighted by Crippen LogP contribution is 2.28. The Kier molecular flexibility index (Phi) is 6.86. The van der Waals surface area contributed by atoms with Crippen molar-refractivity contribution in [3.63, 3.8) is 0 Å². The normalized spacial score (nSPS) is 21.6. The van der Waals surface area contributed by atoms with Gasteiger partial charge in [-0.25, -0.2) is 4.79 Å². The van der Waals surface area contributed by atoms with Gasteiger partial charge in [-0.1, -0.05) is 12.1 Å². The van der Waals surface area contributed by atoms with Crippen LogP contribution in [0.15, 0.2) is 30.3 Å². The number of anilines is 1. The molecule has 6 heteroatoms. The summed E-state index contributed by atoms with van der Waals surface area (Å²) in [5.74, 6) is -0.485. The summed E-state index contributed by atoms with van der Waals surface area (Å²) in [6.07, 6.45) is 5.26. The topological polar surface area (TPSA) is 65.8 Å². The lowest BCUT2D eigenvalue weighted by Gasteiger charge is -2.45. The molecule has 0 spiro atoms. The molecule has 1 aromatic rings. The first-order valence-electron chi connectivity index (χ1n) is 9.70. The smallest absolute Gasteiger partial charge is 0.332 e. The van der Waals surface area contributed by atoms with E-state index in [4.69, 9.17) is 9.47 Å². The summed E-state index contributed by atoms with van der Waals surface area (Å²) in [4.78, 5) is 16.6. The average molecular weight is 369 g/mol. The second-order valence-electron chi connectivity index (χ2n) is 6.79. The highest BCUT2D eigenvalue weighted by molar-refractivity contribution is 5.95. The van der Waals surface area contributed by atoms with Crippen LogP contribution in [-0.2, 0) is 14.3 Å². The molecule has 0 bridgehead atoms. The van der Waals surface area contributed by atoms with Crippen LogP contribution in [0.5, 0.6) is 0 Å². The summed E-state index contributed by atoms with van der Waals surface area (Å²) in [5, 5.41) is 9.37. The summed E-state index contributed by atoms with van der Waals surface area (Å²) < 4.78 is 10.4. The molecule has 2 fully saturated rings. The maximum Gasteiger partial charge on any atom is 0.332 e. The largest absolute Gasteiger partial charge is 0.463 e. The molecule has 6 nitrogen and oxygen atoms in total. The number of nitrogens with zero attached hydrogens (tertiary/aromatic N) is 3. The SMILES string of the molecule is CCOC(=O)/C=C(/C#N)c1ccc(N2CCCCC2N2CCOCC2)cc1. The van der Waals surface area contributed by atoms with Gasteiger partial charge in [-0.2, -0.15) is 5.26 Å². The lowest BCUT2D eigenvalue weighted by Crippen LogP contribution is -2.54. The van der Waals surface area contributed by atoms with Gasteiger partial charge in [0.1, 0.15) is 6.07 Å². The van der Waals surface area contributed by atoms with Gasteiger partial charge >= 0.3 is 5.97 Å². The minimum atomic E-state index is -0.485. The molecule has 0 aliphatic carbocycles. The fourth-order valence-electron chi connectivity index (χ4n) is 3.78. The maximum absolute atomic E-state index is 11.6. The first-order chi connectivity index (χ1) is 13.2. The highest BCUT2D eigenvalue weighted by atomic mass is 16.5. The van der Waals surface area contributed by atoms with E-state index < -0.39 is 5.97 Å². The Hall–Kier alpha value is -2.36. The zero-order chi connectivity index (χ0) is 19.1. The zero-order valence-corrected chi connectivity index (χ0v) is 15.9. The number of rotatable bonds is 5. The van der Waals surface area contributed by atoms with E-state index in [1.165, 1.54) is 18.9 Å². The van der Waals surface area contributed by atoms with Crippen molar-refractivity contribution in [1.82, 2.24) is 4.90 Å². The van der Waals surface area contributed by atoms with Crippen molar-refractivity contribution >= 4 is 17.2 Å². The molecule has 2 saturated heterocycles. The maximum atomic E-state index is 11.6. The van der Waals surface area contributed by atoms with Crippen molar-refractivity contribution in [3.8, 4) is 6.07 Å². The van der Waals surface area contributed by atoms with Crippen molar-refractivity contribution in [2.75, 3.05) is 44.4 Å². The number of piperidine rings is 1. The van der Waals surface area contributed by atoms with Crippen LogP contribution in [0.25, 0.3) is 5.57 Å². The molecule has 0 radical (unpaired) electrons. The Bertz CT molecular complexity index is 702. The molecule has 2 aliphatic rings. The molecule has 144 valence electrons. The molecular formula is C21H27N3O3. The second kappa shape index (κ2) is 9.54. The van der Waals surface area contributed by atoms with E-state index in [1.807, 2.05) is 24.3 Å². The minimum Gasteiger partial charge on any atom is -0.463 e. The van der Waals surface area contributed by atoms with Crippen LogP contribution in [0, 0.1) is 11.3 Å². The number of carbonyl (C=O) groups excluding carboxylic acids is 1. The lowest BCUT2D eigenvalue weighted by molar-refractivity contribution is -0.137. The number of hydrogen-bond acceptors (Lipinski definition) is 6. The summed E-state index contributed by atoms with van der Waals surface area (Å²) in [6.45, 7) is 6.62. The van der Waals surface area contributed by atoms with E-state index in [9.17, 15) is 10.1 Å². The third-order valence-corrected chi connectivity index (χ3v) is 5.12. The number of ether oxygens (including phenoxy) is 2. The lowest BCUT2D eigenvalue weighted by atomic mass is 10.0. The van der Waals surface area contributed by atoms with Crippen molar-refractivity contribution in [2.45, 2.75) is 32.4 Å². The van der Waals surface area contributed by atoms with Crippen LogP contribution < -0.4 is 4.90 Å². The highest BCUT2D eigenvalue weighted by Gasteiger charge is 2.29. The van der Waals surface area contributed by atoms with Gasteiger partial charge in [0.2, 0.25) is 0 Å². The Morgan fingerprint density at radius 2 is 2.00 bits per heavy atom. The molecule has 0 amide bonds. The molecule has 1 atom stereocenters. The van der Waals surface area contributed by atoms with Gasteiger partial charge in [-0.3, -0.25) is 4.90 Å². The van der Waals surface area contributed by atoms with E-state index in [-0.39, 0.29) is 0 Å². The molecule has 2 heterocycles.